The molecular formula is C16H22N2O. The molecule has 1 unspecified atom stereocenters. The van der Waals surface area contributed by atoms with Gasteiger partial charge >= 0.3 is 0 Å². The highest BCUT2D eigenvalue weighted by Crippen LogP contribution is 2.43. The van der Waals surface area contributed by atoms with Crippen LogP contribution in [0.1, 0.15) is 61.6 Å². The summed E-state index contributed by atoms with van der Waals surface area (Å²) >= 11 is 0. The molecule has 3 heteroatoms. The monoisotopic (exact) mass is 258 g/mol. The summed E-state index contributed by atoms with van der Waals surface area (Å²) in [5.74, 6) is 0.830. The number of aromatic nitrogens is 1. The standard InChI is InChI=1S/C16H22N2O/c17-16(8-9-16)15-7-6-12-13(18-15)2-1-3-14(12)19-10-11-4-5-11/h6-7,11,14H,1-5,8-10,17H2. The fourth-order valence-electron chi connectivity index (χ4n) is 2.99. The number of hydrogen-bond donors (Lipinski definition) is 1. The van der Waals surface area contributed by atoms with Crippen molar-refractivity contribution < 1.29 is 4.74 Å². The first kappa shape index (κ1) is 11.9. The minimum Gasteiger partial charge on any atom is -0.373 e. The Bertz CT molecular complexity index is 492. The predicted molar refractivity (Wildman–Crippen MR) is 73.7 cm³/mol. The zero-order valence-electron chi connectivity index (χ0n) is 11.4. The van der Waals surface area contributed by atoms with Crippen LogP contribution in [0.15, 0.2) is 12.1 Å². The molecule has 19 heavy (non-hydrogen) atoms. The Hall–Kier alpha value is -0.930. The number of pyridine rings is 1. The van der Waals surface area contributed by atoms with Gasteiger partial charge in [-0.2, -0.15) is 0 Å². The van der Waals surface area contributed by atoms with Gasteiger partial charge in [0.1, 0.15) is 0 Å². The van der Waals surface area contributed by atoms with E-state index in [2.05, 4.69) is 12.1 Å². The molecular weight excluding hydrogens is 236 g/mol. The lowest BCUT2D eigenvalue weighted by atomic mass is 9.92. The minimum atomic E-state index is -0.114. The quantitative estimate of drug-likeness (QED) is 0.903. The van der Waals surface area contributed by atoms with Gasteiger partial charge in [0, 0.05) is 11.3 Å². The average Bonchev–Trinajstić information content (AvgIpc) is 3.33. The fourth-order valence-corrected chi connectivity index (χ4v) is 2.99. The molecule has 0 bridgehead atoms. The molecule has 1 atom stereocenters. The predicted octanol–water partition coefficient (Wildman–Crippen LogP) is 2.83. The molecule has 0 amide bonds. The molecule has 4 rings (SSSR count). The third-order valence-electron chi connectivity index (χ3n) is 4.76. The summed E-state index contributed by atoms with van der Waals surface area (Å²) in [6, 6.07) is 4.35. The van der Waals surface area contributed by atoms with E-state index >= 15 is 0 Å². The van der Waals surface area contributed by atoms with Gasteiger partial charge in [-0.15, -0.1) is 0 Å². The molecule has 102 valence electrons. The first-order valence-electron chi connectivity index (χ1n) is 7.65. The van der Waals surface area contributed by atoms with E-state index < -0.39 is 0 Å². The van der Waals surface area contributed by atoms with Gasteiger partial charge in [-0.1, -0.05) is 6.07 Å². The largest absolute Gasteiger partial charge is 0.373 e. The number of fused-ring (bicyclic) bond motifs is 1. The lowest BCUT2D eigenvalue weighted by Crippen LogP contribution is -2.23. The highest BCUT2D eigenvalue weighted by Gasteiger charge is 2.42. The molecule has 0 aliphatic heterocycles. The van der Waals surface area contributed by atoms with E-state index in [9.17, 15) is 0 Å². The van der Waals surface area contributed by atoms with Gasteiger partial charge in [0.2, 0.25) is 0 Å². The Morgan fingerprint density at radius 2 is 2.11 bits per heavy atom. The third kappa shape index (κ3) is 2.30. The Morgan fingerprint density at radius 1 is 1.26 bits per heavy atom. The maximum absolute atomic E-state index is 6.25. The SMILES string of the molecule is NC1(c2ccc3c(n2)CCCC3OCC2CC2)CC1. The topological polar surface area (TPSA) is 48.1 Å². The van der Waals surface area contributed by atoms with E-state index in [4.69, 9.17) is 15.5 Å². The van der Waals surface area contributed by atoms with Crippen LogP contribution in [0.5, 0.6) is 0 Å². The second kappa shape index (κ2) is 4.29. The summed E-state index contributed by atoms with van der Waals surface area (Å²) in [6.07, 6.45) is 8.58. The van der Waals surface area contributed by atoms with Crippen LogP contribution in [0.2, 0.25) is 0 Å². The van der Waals surface area contributed by atoms with Crippen molar-refractivity contribution in [2.75, 3.05) is 6.61 Å². The molecule has 2 saturated carbocycles. The van der Waals surface area contributed by atoms with Crippen LogP contribution < -0.4 is 5.73 Å². The molecule has 0 saturated heterocycles. The lowest BCUT2D eigenvalue weighted by molar-refractivity contribution is 0.0332. The molecule has 0 spiro atoms. The van der Waals surface area contributed by atoms with Crippen molar-refractivity contribution in [1.29, 1.82) is 0 Å². The van der Waals surface area contributed by atoms with Gasteiger partial charge < -0.3 is 10.5 Å². The van der Waals surface area contributed by atoms with Crippen molar-refractivity contribution in [3.05, 3.63) is 29.1 Å². The molecule has 1 heterocycles. The molecule has 2 N–H and O–H groups in total. The van der Waals surface area contributed by atoms with Gasteiger partial charge in [0.15, 0.2) is 0 Å². The van der Waals surface area contributed by atoms with Crippen LogP contribution in [-0.4, -0.2) is 11.6 Å². The van der Waals surface area contributed by atoms with Gasteiger partial charge in [0.05, 0.1) is 23.9 Å². The number of hydrogen-bond acceptors (Lipinski definition) is 3. The summed E-state index contributed by atoms with van der Waals surface area (Å²) in [4.78, 5) is 4.84. The van der Waals surface area contributed by atoms with E-state index in [-0.39, 0.29) is 11.6 Å². The molecule has 3 aliphatic carbocycles. The first-order valence-corrected chi connectivity index (χ1v) is 7.65. The van der Waals surface area contributed by atoms with E-state index in [1.54, 1.807) is 0 Å². The van der Waals surface area contributed by atoms with E-state index in [1.165, 1.54) is 30.5 Å². The molecule has 1 aromatic rings. The van der Waals surface area contributed by atoms with Crippen LogP contribution in [0.4, 0.5) is 0 Å². The Kier molecular flexibility index (Phi) is 2.68. The van der Waals surface area contributed by atoms with Crippen molar-refractivity contribution in [1.82, 2.24) is 4.98 Å². The average molecular weight is 258 g/mol. The normalized spacial score (nSPS) is 27.9. The molecule has 2 fully saturated rings. The highest BCUT2D eigenvalue weighted by atomic mass is 16.5. The molecule has 1 aromatic heterocycles. The number of nitrogens with two attached hydrogens (primary N) is 1. The van der Waals surface area contributed by atoms with Crippen LogP contribution in [0, 0.1) is 5.92 Å². The Morgan fingerprint density at radius 3 is 2.84 bits per heavy atom. The zero-order chi connectivity index (χ0) is 12.9. The van der Waals surface area contributed by atoms with E-state index in [0.29, 0.717) is 0 Å². The van der Waals surface area contributed by atoms with Crippen molar-refractivity contribution in [3.63, 3.8) is 0 Å². The summed E-state index contributed by atoms with van der Waals surface area (Å²) in [7, 11) is 0. The molecule has 0 radical (unpaired) electrons. The Labute approximate surface area is 114 Å². The van der Waals surface area contributed by atoms with Gasteiger partial charge in [-0.05, 0) is 56.9 Å². The van der Waals surface area contributed by atoms with Crippen molar-refractivity contribution in [2.45, 2.75) is 56.6 Å². The minimum absolute atomic E-state index is 0.114. The molecule has 0 aromatic carbocycles. The summed E-state index contributed by atoms with van der Waals surface area (Å²) in [5, 5.41) is 0. The van der Waals surface area contributed by atoms with Crippen LogP contribution in [-0.2, 0) is 16.7 Å². The van der Waals surface area contributed by atoms with E-state index in [1.807, 2.05) is 0 Å². The van der Waals surface area contributed by atoms with Crippen LogP contribution in [0.25, 0.3) is 0 Å². The first-order chi connectivity index (χ1) is 9.24. The zero-order valence-corrected chi connectivity index (χ0v) is 11.4. The van der Waals surface area contributed by atoms with E-state index in [0.717, 1.165) is 43.9 Å². The van der Waals surface area contributed by atoms with Crippen molar-refractivity contribution >= 4 is 0 Å². The molecule has 3 nitrogen and oxygen atoms in total. The van der Waals surface area contributed by atoms with Gasteiger partial charge in [-0.3, -0.25) is 4.98 Å². The number of ether oxygens (including phenoxy) is 1. The van der Waals surface area contributed by atoms with Gasteiger partial charge in [0.25, 0.3) is 0 Å². The summed E-state index contributed by atoms with van der Waals surface area (Å²) < 4.78 is 6.10. The van der Waals surface area contributed by atoms with Crippen LogP contribution >= 0.6 is 0 Å². The lowest BCUT2D eigenvalue weighted by Gasteiger charge is -2.26. The fraction of sp³-hybridized carbons (Fsp3) is 0.688. The Balaban J connectivity index is 1.56. The summed E-state index contributed by atoms with van der Waals surface area (Å²) in [5.41, 5.74) is 9.78. The smallest absolute Gasteiger partial charge is 0.0842 e. The van der Waals surface area contributed by atoms with Crippen molar-refractivity contribution in [2.24, 2.45) is 11.7 Å². The second-order valence-electron chi connectivity index (χ2n) is 6.55. The number of nitrogens with zero attached hydrogens (tertiary/aromatic N) is 1. The third-order valence-corrected chi connectivity index (χ3v) is 4.76. The summed E-state index contributed by atoms with van der Waals surface area (Å²) in [6.45, 7) is 0.937. The number of rotatable bonds is 4. The number of aryl methyl sites for hydroxylation is 1. The van der Waals surface area contributed by atoms with Crippen LogP contribution in [0.3, 0.4) is 0 Å². The molecule has 3 aliphatic rings. The maximum atomic E-state index is 6.25. The second-order valence-corrected chi connectivity index (χ2v) is 6.55. The maximum Gasteiger partial charge on any atom is 0.0842 e. The highest BCUT2D eigenvalue weighted by molar-refractivity contribution is 5.32. The van der Waals surface area contributed by atoms with Crippen molar-refractivity contribution in [3.8, 4) is 0 Å². The van der Waals surface area contributed by atoms with Gasteiger partial charge in [-0.25, -0.2) is 0 Å².